The number of ether oxygens (including phenoxy) is 1. The summed E-state index contributed by atoms with van der Waals surface area (Å²) in [6.45, 7) is 0.567. The van der Waals surface area contributed by atoms with E-state index in [9.17, 15) is 0 Å². The minimum Gasteiger partial charge on any atom is -0.394 e. The third-order valence-corrected chi connectivity index (χ3v) is 4.19. The van der Waals surface area contributed by atoms with Crippen LogP contribution in [-0.2, 0) is 11.3 Å². The lowest BCUT2D eigenvalue weighted by Gasteiger charge is -2.14. The first-order valence-electron chi connectivity index (χ1n) is 8.45. The number of nitrogens with two attached hydrogens (primary N) is 1. The molecule has 0 radical (unpaired) electrons. The minimum absolute atomic E-state index is 0.0206. The first kappa shape index (κ1) is 16.6. The Hall–Kier alpha value is -2.91. The fourth-order valence-electron chi connectivity index (χ4n) is 2.89. The standard InChI is InChI=1S/C17H20N6O3/c18-17-21-15(19-8-11-4-2-1-3-5-11)14-16(22-17)23(10-20-14)26-13-7-6-12(9-24)25-13/h1-5,10,12-13,24H,6-9H2,(H3,18,19,21,22)/t12-,13+/m0/s1. The van der Waals surface area contributed by atoms with Crippen LogP contribution in [-0.4, -0.2) is 43.8 Å². The number of nitrogen functional groups attached to an aromatic ring is 1. The highest BCUT2D eigenvalue weighted by atomic mass is 16.8. The number of aliphatic hydroxyl groups excluding tert-OH is 1. The third kappa shape index (κ3) is 3.39. The number of benzene rings is 1. The average Bonchev–Trinajstić information content (AvgIpc) is 3.28. The summed E-state index contributed by atoms with van der Waals surface area (Å²) < 4.78 is 7.02. The van der Waals surface area contributed by atoms with Gasteiger partial charge < -0.3 is 25.7 Å². The Morgan fingerprint density at radius 3 is 2.88 bits per heavy atom. The molecule has 2 aromatic heterocycles. The summed E-state index contributed by atoms with van der Waals surface area (Å²) in [5.41, 5.74) is 7.99. The van der Waals surface area contributed by atoms with E-state index >= 15 is 0 Å². The van der Waals surface area contributed by atoms with Gasteiger partial charge in [0.05, 0.1) is 12.7 Å². The molecule has 9 heteroatoms. The maximum absolute atomic E-state index is 9.16. The van der Waals surface area contributed by atoms with Gasteiger partial charge in [-0.05, 0) is 12.0 Å². The van der Waals surface area contributed by atoms with Crippen LogP contribution in [0.4, 0.5) is 11.8 Å². The molecule has 0 spiro atoms. The van der Waals surface area contributed by atoms with Crippen molar-refractivity contribution in [3.63, 3.8) is 0 Å². The van der Waals surface area contributed by atoms with Gasteiger partial charge in [0, 0.05) is 13.0 Å². The first-order chi connectivity index (χ1) is 12.7. The lowest BCUT2D eigenvalue weighted by Crippen LogP contribution is -2.26. The highest BCUT2D eigenvalue weighted by Crippen LogP contribution is 2.22. The van der Waals surface area contributed by atoms with Gasteiger partial charge in [-0.3, -0.25) is 0 Å². The monoisotopic (exact) mass is 356 g/mol. The smallest absolute Gasteiger partial charge is 0.225 e. The zero-order chi connectivity index (χ0) is 17.9. The van der Waals surface area contributed by atoms with Crippen molar-refractivity contribution in [3.8, 4) is 0 Å². The summed E-state index contributed by atoms with van der Waals surface area (Å²) in [7, 11) is 0. The van der Waals surface area contributed by atoms with Gasteiger partial charge in [0.15, 0.2) is 11.3 Å². The second kappa shape index (κ2) is 7.14. The van der Waals surface area contributed by atoms with Gasteiger partial charge in [0.25, 0.3) is 0 Å². The van der Waals surface area contributed by atoms with Crippen LogP contribution in [0.25, 0.3) is 11.2 Å². The maximum Gasteiger partial charge on any atom is 0.225 e. The number of fused-ring (bicyclic) bond motifs is 1. The molecular formula is C17H20N6O3. The molecule has 136 valence electrons. The predicted octanol–water partition coefficient (Wildman–Crippen LogP) is 0.947. The summed E-state index contributed by atoms with van der Waals surface area (Å²) in [5, 5.41) is 12.4. The van der Waals surface area contributed by atoms with Crippen LogP contribution in [0.15, 0.2) is 36.7 Å². The highest BCUT2D eigenvalue weighted by Gasteiger charge is 2.27. The highest BCUT2D eigenvalue weighted by molar-refractivity contribution is 5.83. The molecule has 0 bridgehead atoms. The second-order valence-electron chi connectivity index (χ2n) is 6.07. The average molecular weight is 356 g/mol. The van der Waals surface area contributed by atoms with Crippen LogP contribution in [0.3, 0.4) is 0 Å². The topological polar surface area (TPSA) is 120 Å². The van der Waals surface area contributed by atoms with Gasteiger partial charge in [0.2, 0.25) is 17.9 Å². The number of anilines is 2. The number of hydrogen-bond donors (Lipinski definition) is 3. The summed E-state index contributed by atoms with van der Waals surface area (Å²) in [4.78, 5) is 18.6. The molecule has 1 fully saturated rings. The lowest BCUT2D eigenvalue weighted by molar-refractivity contribution is -0.140. The molecule has 1 aliphatic heterocycles. The van der Waals surface area contributed by atoms with E-state index in [1.807, 2.05) is 30.3 Å². The maximum atomic E-state index is 9.16. The number of aliphatic hydroxyl groups is 1. The number of aromatic nitrogens is 4. The molecule has 2 atom stereocenters. The molecule has 9 nitrogen and oxygen atoms in total. The van der Waals surface area contributed by atoms with Crippen molar-refractivity contribution in [2.45, 2.75) is 31.8 Å². The van der Waals surface area contributed by atoms with E-state index in [0.717, 1.165) is 12.0 Å². The fraction of sp³-hybridized carbons (Fsp3) is 0.353. The van der Waals surface area contributed by atoms with Crippen LogP contribution in [0.5, 0.6) is 0 Å². The van der Waals surface area contributed by atoms with Crippen molar-refractivity contribution in [3.05, 3.63) is 42.2 Å². The van der Waals surface area contributed by atoms with Gasteiger partial charge in [-0.15, -0.1) is 4.73 Å². The number of rotatable bonds is 6. The molecule has 0 amide bonds. The largest absolute Gasteiger partial charge is 0.394 e. The van der Waals surface area contributed by atoms with Gasteiger partial charge in [-0.2, -0.15) is 9.97 Å². The number of nitrogens with zero attached hydrogens (tertiary/aromatic N) is 4. The molecule has 1 aromatic carbocycles. The molecule has 0 saturated carbocycles. The second-order valence-corrected chi connectivity index (χ2v) is 6.07. The molecular weight excluding hydrogens is 336 g/mol. The van der Waals surface area contributed by atoms with Crippen LogP contribution in [0.1, 0.15) is 18.4 Å². The molecule has 0 unspecified atom stereocenters. The van der Waals surface area contributed by atoms with Crippen molar-refractivity contribution in [2.24, 2.45) is 0 Å². The van der Waals surface area contributed by atoms with E-state index < -0.39 is 6.29 Å². The van der Waals surface area contributed by atoms with Crippen LogP contribution >= 0.6 is 0 Å². The summed E-state index contributed by atoms with van der Waals surface area (Å²) in [6.07, 6.45) is 2.29. The van der Waals surface area contributed by atoms with Crippen LogP contribution in [0.2, 0.25) is 0 Å². The molecule has 26 heavy (non-hydrogen) atoms. The van der Waals surface area contributed by atoms with E-state index in [0.29, 0.717) is 29.9 Å². The van der Waals surface area contributed by atoms with Gasteiger partial charge in [-0.1, -0.05) is 30.3 Å². The Bertz CT molecular complexity index is 885. The lowest BCUT2D eigenvalue weighted by atomic mass is 10.2. The Balaban J connectivity index is 1.55. The molecule has 3 aromatic rings. The molecule has 1 saturated heterocycles. The summed E-state index contributed by atoms with van der Waals surface area (Å²) in [5.74, 6) is 0.665. The van der Waals surface area contributed by atoms with Gasteiger partial charge in [0.1, 0.15) is 6.33 Å². The van der Waals surface area contributed by atoms with Crippen LogP contribution in [0, 0.1) is 0 Å². The molecule has 0 aliphatic carbocycles. The van der Waals surface area contributed by atoms with Gasteiger partial charge in [-0.25, -0.2) is 4.98 Å². The van der Waals surface area contributed by atoms with Crippen molar-refractivity contribution in [2.75, 3.05) is 17.7 Å². The molecule has 3 heterocycles. The number of nitrogens with one attached hydrogen (secondary N) is 1. The Morgan fingerprint density at radius 2 is 2.12 bits per heavy atom. The summed E-state index contributed by atoms with van der Waals surface area (Å²) in [6, 6.07) is 9.96. The Labute approximate surface area is 149 Å². The van der Waals surface area contributed by atoms with Gasteiger partial charge >= 0.3 is 0 Å². The quantitative estimate of drug-likeness (QED) is 0.597. The zero-order valence-corrected chi connectivity index (χ0v) is 14.1. The van der Waals surface area contributed by atoms with Crippen molar-refractivity contribution >= 4 is 22.9 Å². The third-order valence-electron chi connectivity index (χ3n) is 4.19. The molecule has 1 aliphatic rings. The Morgan fingerprint density at radius 1 is 1.27 bits per heavy atom. The van der Waals surface area contributed by atoms with Crippen LogP contribution < -0.4 is 15.9 Å². The van der Waals surface area contributed by atoms with E-state index in [1.165, 1.54) is 11.1 Å². The Kier molecular flexibility index (Phi) is 4.55. The predicted molar refractivity (Wildman–Crippen MR) is 95.1 cm³/mol. The number of hydrogen-bond acceptors (Lipinski definition) is 8. The zero-order valence-electron chi connectivity index (χ0n) is 14.1. The normalized spacial score (nSPS) is 19.7. The molecule has 4 rings (SSSR count). The molecule has 4 N–H and O–H groups in total. The SMILES string of the molecule is Nc1nc(NCc2ccccc2)c2ncn(O[C@@H]3CC[C@@H](CO)O3)c2n1. The van der Waals surface area contributed by atoms with Crippen molar-refractivity contribution in [1.82, 2.24) is 19.7 Å². The van der Waals surface area contributed by atoms with Crippen molar-refractivity contribution in [1.29, 1.82) is 0 Å². The van der Waals surface area contributed by atoms with Crippen molar-refractivity contribution < 1.29 is 14.7 Å². The van der Waals surface area contributed by atoms with E-state index in [2.05, 4.69) is 20.3 Å². The van der Waals surface area contributed by atoms with E-state index in [-0.39, 0.29) is 18.7 Å². The minimum atomic E-state index is -0.457. The fourth-order valence-corrected chi connectivity index (χ4v) is 2.89. The first-order valence-corrected chi connectivity index (χ1v) is 8.45. The summed E-state index contributed by atoms with van der Waals surface area (Å²) >= 11 is 0. The number of imidazole rings is 1. The van der Waals surface area contributed by atoms with E-state index in [1.54, 1.807) is 0 Å². The van der Waals surface area contributed by atoms with E-state index in [4.69, 9.17) is 20.4 Å².